The number of aromatic nitrogens is 4. The van der Waals surface area contributed by atoms with Crippen molar-refractivity contribution in [3.63, 3.8) is 0 Å². The van der Waals surface area contributed by atoms with Crippen LogP contribution in [-0.4, -0.2) is 24.6 Å². The van der Waals surface area contributed by atoms with E-state index in [2.05, 4.69) is 15.7 Å². The maximum absolute atomic E-state index is 12.4. The van der Waals surface area contributed by atoms with Gasteiger partial charge in [-0.3, -0.25) is 18.7 Å². The van der Waals surface area contributed by atoms with Gasteiger partial charge in [0.25, 0.3) is 5.56 Å². The topological polar surface area (TPSA) is 90.9 Å². The van der Waals surface area contributed by atoms with Gasteiger partial charge in [0, 0.05) is 19.8 Å². The largest absolute Gasteiger partial charge is 0.332 e. The van der Waals surface area contributed by atoms with E-state index in [4.69, 9.17) is 0 Å². The van der Waals surface area contributed by atoms with Gasteiger partial charge in [0.05, 0.1) is 6.33 Å². The molecule has 0 fully saturated rings. The van der Waals surface area contributed by atoms with E-state index in [-0.39, 0.29) is 23.6 Å². The number of anilines is 1. The monoisotopic (exact) mass is 395 g/mol. The average Bonchev–Trinajstić information content (AvgIpc) is 3.35. The molecule has 0 unspecified atom stereocenters. The highest BCUT2D eigenvalue weighted by Gasteiger charge is 2.16. The van der Waals surface area contributed by atoms with Crippen LogP contribution in [0.3, 0.4) is 0 Å². The van der Waals surface area contributed by atoms with E-state index in [1.807, 2.05) is 35.7 Å². The quantitative estimate of drug-likeness (QED) is 0.570. The molecule has 9 heteroatoms. The van der Waals surface area contributed by atoms with Gasteiger partial charge in [0.2, 0.25) is 5.91 Å². The summed E-state index contributed by atoms with van der Waals surface area (Å²) >= 11 is 1.63. The Balaban J connectivity index is 1.56. The average molecular weight is 395 g/mol. The maximum Gasteiger partial charge on any atom is 0.332 e. The van der Waals surface area contributed by atoms with Gasteiger partial charge in [-0.2, -0.15) is 11.3 Å². The van der Waals surface area contributed by atoms with Crippen LogP contribution in [0.15, 0.2) is 57.0 Å². The minimum atomic E-state index is -0.483. The third-order valence-electron chi connectivity index (χ3n) is 4.55. The highest BCUT2D eigenvalue weighted by Crippen LogP contribution is 2.23. The van der Waals surface area contributed by atoms with Gasteiger partial charge >= 0.3 is 5.69 Å². The smallest absolute Gasteiger partial charge is 0.325 e. The van der Waals surface area contributed by atoms with Crippen molar-refractivity contribution in [1.82, 2.24) is 18.7 Å². The number of carbonyl (C=O) groups is 1. The van der Waals surface area contributed by atoms with E-state index in [9.17, 15) is 14.4 Å². The van der Waals surface area contributed by atoms with Crippen LogP contribution in [0.2, 0.25) is 0 Å². The second-order valence-corrected chi connectivity index (χ2v) is 7.17. The second kappa shape index (κ2) is 6.93. The number of benzene rings is 1. The highest BCUT2D eigenvalue weighted by atomic mass is 32.1. The number of nitrogens with one attached hydrogen (secondary N) is 1. The Morgan fingerprint density at radius 1 is 1.07 bits per heavy atom. The van der Waals surface area contributed by atoms with Gasteiger partial charge < -0.3 is 9.88 Å². The molecule has 142 valence electrons. The zero-order valence-electron chi connectivity index (χ0n) is 15.2. The summed E-state index contributed by atoms with van der Waals surface area (Å²) in [6, 6.07) is 9.58. The van der Waals surface area contributed by atoms with Gasteiger partial charge in [-0.25, -0.2) is 9.78 Å². The van der Waals surface area contributed by atoms with Crippen molar-refractivity contribution in [2.75, 3.05) is 5.32 Å². The predicted molar refractivity (Wildman–Crippen MR) is 109 cm³/mol. The Kier molecular flexibility index (Phi) is 4.44. The molecule has 4 aromatic rings. The van der Waals surface area contributed by atoms with Crippen LogP contribution < -0.4 is 16.6 Å². The molecule has 0 atom stereocenters. The van der Waals surface area contributed by atoms with E-state index in [1.165, 1.54) is 29.6 Å². The summed E-state index contributed by atoms with van der Waals surface area (Å²) in [7, 11) is 2.94. The van der Waals surface area contributed by atoms with Crippen molar-refractivity contribution in [3.8, 4) is 11.1 Å². The molecule has 0 saturated carbocycles. The van der Waals surface area contributed by atoms with Crippen LogP contribution in [-0.2, 0) is 25.4 Å². The summed E-state index contributed by atoms with van der Waals surface area (Å²) in [4.78, 5) is 41.0. The molecule has 0 radical (unpaired) electrons. The van der Waals surface area contributed by atoms with Crippen molar-refractivity contribution in [3.05, 3.63) is 68.3 Å². The Labute approximate surface area is 163 Å². The molecule has 0 aliphatic rings. The summed E-state index contributed by atoms with van der Waals surface area (Å²) in [5, 5.41) is 6.89. The number of aryl methyl sites for hydroxylation is 1. The first kappa shape index (κ1) is 17.9. The molecule has 1 amide bonds. The normalized spacial score (nSPS) is 11.1. The molecule has 3 aromatic heterocycles. The summed E-state index contributed by atoms with van der Waals surface area (Å²) in [6.45, 7) is -0.0871. The molecule has 1 aromatic carbocycles. The minimum absolute atomic E-state index is 0.0871. The number of rotatable bonds is 4. The number of amides is 1. The van der Waals surface area contributed by atoms with Crippen molar-refractivity contribution in [2.45, 2.75) is 6.54 Å². The molecule has 0 bridgehead atoms. The molecule has 8 nitrogen and oxygen atoms in total. The first-order chi connectivity index (χ1) is 13.5. The van der Waals surface area contributed by atoms with Crippen molar-refractivity contribution in [1.29, 1.82) is 0 Å². The van der Waals surface area contributed by atoms with Gasteiger partial charge in [0.1, 0.15) is 6.54 Å². The van der Waals surface area contributed by atoms with E-state index < -0.39 is 11.2 Å². The lowest BCUT2D eigenvalue weighted by atomic mass is 10.1. The summed E-state index contributed by atoms with van der Waals surface area (Å²) in [5.74, 6) is -0.293. The van der Waals surface area contributed by atoms with Crippen LogP contribution in [0.5, 0.6) is 0 Å². The Hall–Kier alpha value is -3.46. The lowest BCUT2D eigenvalue weighted by Gasteiger charge is -2.08. The predicted octanol–water partition coefficient (Wildman–Crippen LogP) is 1.80. The summed E-state index contributed by atoms with van der Waals surface area (Å²) < 4.78 is 3.74. The molecule has 0 saturated heterocycles. The van der Waals surface area contributed by atoms with Crippen LogP contribution in [0.1, 0.15) is 0 Å². The Bertz CT molecular complexity index is 1280. The fraction of sp³-hybridized carbons (Fsp3) is 0.158. The van der Waals surface area contributed by atoms with E-state index >= 15 is 0 Å². The van der Waals surface area contributed by atoms with Crippen molar-refractivity contribution >= 4 is 34.1 Å². The third kappa shape index (κ3) is 3.05. The Morgan fingerprint density at radius 3 is 2.50 bits per heavy atom. The van der Waals surface area contributed by atoms with Crippen LogP contribution >= 0.6 is 11.3 Å². The van der Waals surface area contributed by atoms with E-state index in [1.54, 1.807) is 11.3 Å². The molecule has 3 heterocycles. The standard InChI is InChI=1S/C19H17N5O3S/c1-22-17-16(18(26)23(2)19(22)27)24(11-20-17)9-15(25)21-14-5-3-12(4-6-14)13-7-8-28-10-13/h3-8,10-11H,9H2,1-2H3,(H,21,25). The molecule has 0 aliphatic carbocycles. The zero-order chi connectivity index (χ0) is 19.8. The number of nitrogens with zero attached hydrogens (tertiary/aromatic N) is 4. The SMILES string of the molecule is Cn1c(=O)c2c(ncn2CC(=O)Nc2ccc(-c3ccsc3)cc2)n(C)c1=O. The molecule has 1 N–H and O–H groups in total. The molecule has 4 rings (SSSR count). The number of hydrogen-bond donors (Lipinski definition) is 1. The molecule has 28 heavy (non-hydrogen) atoms. The number of imidazole rings is 1. The lowest BCUT2D eigenvalue weighted by Crippen LogP contribution is -2.37. The molecular weight excluding hydrogens is 378 g/mol. The number of fused-ring (bicyclic) bond motifs is 1. The van der Waals surface area contributed by atoms with Gasteiger partial charge in [-0.1, -0.05) is 12.1 Å². The third-order valence-corrected chi connectivity index (χ3v) is 5.24. The lowest BCUT2D eigenvalue weighted by molar-refractivity contribution is -0.116. The highest BCUT2D eigenvalue weighted by molar-refractivity contribution is 7.08. The number of thiophene rings is 1. The zero-order valence-corrected chi connectivity index (χ0v) is 16.1. The number of hydrogen-bond acceptors (Lipinski definition) is 5. The van der Waals surface area contributed by atoms with Crippen LogP contribution in [0.25, 0.3) is 22.3 Å². The van der Waals surface area contributed by atoms with E-state index in [0.29, 0.717) is 5.69 Å². The van der Waals surface area contributed by atoms with Gasteiger partial charge in [-0.15, -0.1) is 0 Å². The van der Waals surface area contributed by atoms with Gasteiger partial charge in [0.15, 0.2) is 11.2 Å². The maximum atomic E-state index is 12.4. The molecule has 0 spiro atoms. The molecular formula is C19H17N5O3S. The van der Waals surface area contributed by atoms with Crippen molar-refractivity contribution < 1.29 is 4.79 Å². The number of carbonyl (C=O) groups excluding carboxylic acids is 1. The first-order valence-electron chi connectivity index (χ1n) is 8.49. The van der Waals surface area contributed by atoms with Crippen LogP contribution in [0.4, 0.5) is 5.69 Å². The Morgan fingerprint density at radius 2 is 1.82 bits per heavy atom. The van der Waals surface area contributed by atoms with E-state index in [0.717, 1.165) is 15.7 Å². The fourth-order valence-electron chi connectivity index (χ4n) is 3.05. The summed E-state index contributed by atoms with van der Waals surface area (Å²) in [5.41, 5.74) is 2.39. The van der Waals surface area contributed by atoms with Crippen molar-refractivity contribution in [2.24, 2.45) is 14.1 Å². The fourth-order valence-corrected chi connectivity index (χ4v) is 3.71. The first-order valence-corrected chi connectivity index (χ1v) is 9.43. The minimum Gasteiger partial charge on any atom is -0.325 e. The second-order valence-electron chi connectivity index (χ2n) is 6.39. The van der Waals surface area contributed by atoms with Gasteiger partial charge in [-0.05, 0) is 40.1 Å². The molecule has 0 aliphatic heterocycles. The summed E-state index contributed by atoms with van der Waals surface area (Å²) in [6.07, 6.45) is 1.39. The van der Waals surface area contributed by atoms with Crippen LogP contribution in [0, 0.1) is 0 Å².